The third-order valence-electron chi connectivity index (χ3n) is 3.96. The second-order valence-electron chi connectivity index (χ2n) is 5.86. The molecule has 0 amide bonds. The molecule has 0 spiro atoms. The van der Waals surface area contributed by atoms with Crippen LogP contribution in [0.2, 0.25) is 5.15 Å². The molecule has 7 nitrogen and oxygen atoms in total. The first-order chi connectivity index (χ1) is 12.2. The van der Waals surface area contributed by atoms with Crippen molar-refractivity contribution >= 4 is 23.4 Å². The normalized spacial score (nSPS) is 25.8. The lowest BCUT2D eigenvalue weighted by Gasteiger charge is -2.20. The Bertz CT molecular complexity index is 683. The first-order valence-corrected chi connectivity index (χ1v) is 8.00. The Labute approximate surface area is 152 Å². The van der Waals surface area contributed by atoms with Crippen LogP contribution < -0.4 is 10.6 Å². The molecule has 1 heterocycles. The predicted octanol–water partition coefficient (Wildman–Crippen LogP) is 1.25. The minimum Gasteiger partial charge on any atom is -0.390 e. The molecule has 1 aliphatic carbocycles. The van der Waals surface area contributed by atoms with E-state index in [9.17, 15) is 23.4 Å². The molecular weight excluding hydrogens is 377 g/mol. The van der Waals surface area contributed by atoms with Gasteiger partial charge < -0.3 is 25.6 Å². The van der Waals surface area contributed by atoms with E-state index in [4.69, 9.17) is 22.8 Å². The van der Waals surface area contributed by atoms with Crippen molar-refractivity contribution in [3.8, 4) is 12.3 Å². The van der Waals surface area contributed by atoms with Gasteiger partial charge in [0.2, 0.25) is 5.95 Å². The Balaban J connectivity index is 2.22. The molecule has 1 aromatic heterocycles. The standard InChI is InChI=1S/C15H18ClF3N4O3/c1-3-8-12(16)22-14(20-6-15(17,18)19)23-13(8)21-9-4-7(5-26-2)10(24)11(9)25/h1,7,9-11,24-25H,4-6H2,2H3,(H2,20,21,22,23)/t7-,9-,10-,11+/m1/s1. The van der Waals surface area contributed by atoms with Crippen LogP contribution in [0, 0.1) is 18.3 Å². The predicted molar refractivity (Wildman–Crippen MR) is 88.9 cm³/mol. The van der Waals surface area contributed by atoms with Crippen LogP contribution in [-0.2, 0) is 4.74 Å². The summed E-state index contributed by atoms with van der Waals surface area (Å²) in [5, 5.41) is 24.9. The molecule has 26 heavy (non-hydrogen) atoms. The quantitative estimate of drug-likeness (QED) is 0.426. The van der Waals surface area contributed by atoms with Gasteiger partial charge in [-0.1, -0.05) is 17.5 Å². The molecule has 0 radical (unpaired) electrons. The van der Waals surface area contributed by atoms with Gasteiger partial charge in [0.15, 0.2) is 5.15 Å². The number of rotatable bonds is 6. The summed E-state index contributed by atoms with van der Waals surface area (Å²) in [7, 11) is 1.47. The van der Waals surface area contributed by atoms with Crippen LogP contribution in [-0.4, -0.2) is 64.9 Å². The number of hydrogen-bond donors (Lipinski definition) is 4. The maximum Gasteiger partial charge on any atom is 0.405 e. The maximum absolute atomic E-state index is 12.4. The van der Waals surface area contributed by atoms with Gasteiger partial charge in [0.05, 0.1) is 18.8 Å². The zero-order valence-electron chi connectivity index (χ0n) is 13.7. The summed E-state index contributed by atoms with van der Waals surface area (Å²) in [6, 6.07) is -0.640. The number of ether oxygens (including phenoxy) is 1. The Morgan fingerprint density at radius 3 is 2.62 bits per heavy atom. The zero-order chi connectivity index (χ0) is 19.5. The number of nitrogens with zero attached hydrogens (tertiary/aromatic N) is 2. The van der Waals surface area contributed by atoms with Crippen LogP contribution >= 0.6 is 11.6 Å². The molecule has 0 saturated heterocycles. The van der Waals surface area contributed by atoms with Crippen molar-refractivity contribution in [2.24, 2.45) is 5.92 Å². The average Bonchev–Trinajstić information content (AvgIpc) is 2.81. The lowest BCUT2D eigenvalue weighted by Crippen LogP contribution is -2.36. The van der Waals surface area contributed by atoms with Gasteiger partial charge >= 0.3 is 6.18 Å². The number of terminal acetylenes is 1. The molecule has 0 aliphatic heterocycles. The van der Waals surface area contributed by atoms with Gasteiger partial charge in [0, 0.05) is 13.0 Å². The minimum absolute atomic E-state index is 0.00788. The summed E-state index contributed by atoms with van der Waals surface area (Å²) < 4.78 is 42.1. The molecule has 4 atom stereocenters. The summed E-state index contributed by atoms with van der Waals surface area (Å²) in [5.74, 6) is 1.57. The Morgan fingerprint density at radius 2 is 2.04 bits per heavy atom. The van der Waals surface area contributed by atoms with Gasteiger partial charge in [-0.05, 0) is 6.42 Å². The van der Waals surface area contributed by atoms with Crippen LogP contribution in [0.5, 0.6) is 0 Å². The molecule has 4 N–H and O–H groups in total. The Hall–Kier alpha value is -1.80. The fourth-order valence-electron chi connectivity index (χ4n) is 2.75. The van der Waals surface area contributed by atoms with Crippen LogP contribution in [0.4, 0.5) is 24.9 Å². The second-order valence-corrected chi connectivity index (χ2v) is 6.22. The topological polar surface area (TPSA) is 99.5 Å². The van der Waals surface area contributed by atoms with Crippen molar-refractivity contribution < 1.29 is 28.1 Å². The minimum atomic E-state index is -4.46. The zero-order valence-corrected chi connectivity index (χ0v) is 14.5. The third kappa shape index (κ3) is 4.88. The molecule has 1 aromatic rings. The van der Waals surface area contributed by atoms with Gasteiger partial charge in [-0.15, -0.1) is 6.42 Å². The van der Waals surface area contributed by atoms with Crippen molar-refractivity contribution in [3.05, 3.63) is 10.7 Å². The summed E-state index contributed by atoms with van der Waals surface area (Å²) in [6.45, 7) is -1.11. The number of aliphatic hydroxyl groups excluding tert-OH is 2. The van der Waals surface area contributed by atoms with Gasteiger partial charge in [-0.2, -0.15) is 23.1 Å². The van der Waals surface area contributed by atoms with Gasteiger partial charge in [0.25, 0.3) is 0 Å². The average molecular weight is 395 g/mol. The number of aromatic nitrogens is 2. The molecule has 0 unspecified atom stereocenters. The Kier molecular flexibility index (Phi) is 6.52. The third-order valence-corrected chi connectivity index (χ3v) is 4.23. The highest BCUT2D eigenvalue weighted by Crippen LogP contribution is 2.31. The van der Waals surface area contributed by atoms with E-state index in [-0.39, 0.29) is 35.0 Å². The highest BCUT2D eigenvalue weighted by Gasteiger charge is 2.41. The van der Waals surface area contributed by atoms with Crippen molar-refractivity contribution in [3.63, 3.8) is 0 Å². The van der Waals surface area contributed by atoms with E-state index in [1.54, 1.807) is 0 Å². The van der Waals surface area contributed by atoms with Crippen LogP contribution in [0.25, 0.3) is 0 Å². The molecule has 144 valence electrons. The fourth-order valence-corrected chi connectivity index (χ4v) is 2.97. The van der Waals surface area contributed by atoms with Crippen LogP contribution in [0.15, 0.2) is 0 Å². The fraction of sp³-hybridized carbons (Fsp3) is 0.600. The number of nitrogens with one attached hydrogen (secondary N) is 2. The molecular formula is C15H18ClF3N4O3. The van der Waals surface area contributed by atoms with Gasteiger partial charge in [0.1, 0.15) is 24.0 Å². The monoisotopic (exact) mass is 394 g/mol. The molecule has 1 fully saturated rings. The highest BCUT2D eigenvalue weighted by atomic mass is 35.5. The van der Waals surface area contributed by atoms with Gasteiger partial charge in [-0.25, -0.2) is 0 Å². The lowest BCUT2D eigenvalue weighted by atomic mass is 10.1. The smallest absolute Gasteiger partial charge is 0.390 e. The molecule has 11 heteroatoms. The van der Waals surface area contributed by atoms with Crippen molar-refractivity contribution in [1.82, 2.24) is 9.97 Å². The van der Waals surface area contributed by atoms with Crippen molar-refractivity contribution in [2.45, 2.75) is 30.8 Å². The number of aliphatic hydroxyl groups is 2. The summed E-state index contributed by atoms with van der Waals surface area (Å²) in [5.41, 5.74) is 0.0427. The summed E-state index contributed by atoms with van der Waals surface area (Å²) in [4.78, 5) is 7.61. The van der Waals surface area contributed by atoms with Crippen molar-refractivity contribution in [1.29, 1.82) is 0 Å². The first kappa shape index (κ1) is 20.5. The molecule has 1 aliphatic rings. The summed E-state index contributed by atoms with van der Waals surface area (Å²) in [6.07, 6.45) is -0.919. The summed E-state index contributed by atoms with van der Waals surface area (Å²) >= 11 is 5.93. The SMILES string of the molecule is C#Cc1c(Cl)nc(NCC(F)(F)F)nc1N[C@@H]1C[C@H](COC)[C@@H](O)[C@H]1O. The van der Waals surface area contributed by atoms with E-state index in [0.29, 0.717) is 6.42 Å². The molecule has 0 bridgehead atoms. The van der Waals surface area contributed by atoms with E-state index in [1.807, 2.05) is 5.32 Å². The number of methoxy groups -OCH3 is 1. The molecule has 1 saturated carbocycles. The second kappa shape index (κ2) is 8.26. The van der Waals surface area contributed by atoms with E-state index in [1.165, 1.54) is 7.11 Å². The van der Waals surface area contributed by atoms with E-state index >= 15 is 0 Å². The number of halogens is 4. The lowest BCUT2D eigenvalue weighted by molar-refractivity contribution is -0.115. The van der Waals surface area contributed by atoms with Crippen LogP contribution in [0.3, 0.4) is 0 Å². The number of anilines is 2. The number of hydrogen-bond acceptors (Lipinski definition) is 7. The molecule has 2 rings (SSSR count). The largest absolute Gasteiger partial charge is 0.405 e. The highest BCUT2D eigenvalue weighted by molar-refractivity contribution is 6.31. The van der Waals surface area contributed by atoms with Gasteiger partial charge in [-0.3, -0.25) is 0 Å². The van der Waals surface area contributed by atoms with E-state index in [0.717, 1.165) is 0 Å². The van der Waals surface area contributed by atoms with Crippen molar-refractivity contribution in [2.75, 3.05) is 30.9 Å². The van der Waals surface area contributed by atoms with E-state index < -0.39 is 31.0 Å². The van der Waals surface area contributed by atoms with E-state index in [2.05, 4.69) is 21.2 Å². The van der Waals surface area contributed by atoms with Crippen LogP contribution in [0.1, 0.15) is 12.0 Å². The Morgan fingerprint density at radius 1 is 1.35 bits per heavy atom. The number of alkyl halides is 3. The maximum atomic E-state index is 12.4. The molecule has 0 aromatic carbocycles. The first-order valence-electron chi connectivity index (χ1n) is 7.62.